The minimum atomic E-state index is -0.225. The van der Waals surface area contributed by atoms with Crippen molar-refractivity contribution in [3.8, 4) is 5.75 Å². The largest absolute Gasteiger partial charge is 0.508 e. The zero-order chi connectivity index (χ0) is 25.3. The van der Waals surface area contributed by atoms with E-state index in [9.17, 15) is 5.11 Å². The number of phenols is 1. The molecule has 0 aliphatic rings. The van der Waals surface area contributed by atoms with Gasteiger partial charge in [-0.3, -0.25) is 0 Å². The Morgan fingerprint density at radius 2 is 1.06 bits per heavy atom. The summed E-state index contributed by atoms with van der Waals surface area (Å²) in [6, 6.07) is 25.7. The first-order valence-corrected chi connectivity index (χ1v) is 13.8. The summed E-state index contributed by atoms with van der Waals surface area (Å²) in [6.07, 6.45) is 11.3. The van der Waals surface area contributed by atoms with Gasteiger partial charge in [0, 0.05) is 10.8 Å². The van der Waals surface area contributed by atoms with Crippen LogP contribution >= 0.6 is 0 Å². The van der Waals surface area contributed by atoms with Crippen LogP contribution < -0.4 is 0 Å². The van der Waals surface area contributed by atoms with Crippen molar-refractivity contribution in [1.82, 2.24) is 0 Å². The zero-order valence-corrected chi connectivity index (χ0v) is 22.7. The Morgan fingerprint density at radius 3 is 1.60 bits per heavy atom. The highest BCUT2D eigenvalue weighted by Gasteiger charge is 2.35. The van der Waals surface area contributed by atoms with E-state index in [4.69, 9.17) is 0 Å². The van der Waals surface area contributed by atoms with Crippen molar-refractivity contribution < 1.29 is 5.11 Å². The Balaban J connectivity index is 1.97. The van der Waals surface area contributed by atoms with Crippen LogP contribution in [0.2, 0.25) is 0 Å². The van der Waals surface area contributed by atoms with Crippen LogP contribution in [0.4, 0.5) is 0 Å². The van der Waals surface area contributed by atoms with Gasteiger partial charge in [0.2, 0.25) is 0 Å². The first-order chi connectivity index (χ1) is 16.8. The van der Waals surface area contributed by atoms with Crippen molar-refractivity contribution in [3.63, 3.8) is 0 Å². The van der Waals surface area contributed by atoms with Crippen molar-refractivity contribution >= 4 is 0 Å². The topological polar surface area (TPSA) is 20.2 Å². The summed E-state index contributed by atoms with van der Waals surface area (Å²) in [5.41, 5.74) is 5.92. The smallest absolute Gasteiger partial charge is 0.119 e. The quantitative estimate of drug-likeness (QED) is 0.246. The highest BCUT2D eigenvalue weighted by Crippen LogP contribution is 2.45. The van der Waals surface area contributed by atoms with Crippen LogP contribution in [-0.4, -0.2) is 5.11 Å². The van der Waals surface area contributed by atoms with Gasteiger partial charge in [0.15, 0.2) is 0 Å². The molecule has 0 aromatic heterocycles. The van der Waals surface area contributed by atoms with Crippen LogP contribution in [0.25, 0.3) is 0 Å². The molecule has 1 N–H and O–H groups in total. The molecule has 0 spiro atoms. The highest BCUT2D eigenvalue weighted by atomic mass is 16.3. The molecule has 0 aliphatic carbocycles. The van der Waals surface area contributed by atoms with Gasteiger partial charge in [-0.05, 0) is 46.7 Å². The Hall–Kier alpha value is -2.54. The third-order valence-electron chi connectivity index (χ3n) is 7.86. The van der Waals surface area contributed by atoms with Gasteiger partial charge >= 0.3 is 0 Å². The molecule has 1 nitrogen and oxygen atoms in total. The molecule has 3 rings (SSSR count). The molecular formula is C34H46O. The fourth-order valence-electron chi connectivity index (χ4n) is 5.57. The van der Waals surface area contributed by atoms with Crippen LogP contribution in [0.5, 0.6) is 5.75 Å². The van der Waals surface area contributed by atoms with Crippen molar-refractivity contribution in [2.45, 2.75) is 103 Å². The Labute approximate surface area is 214 Å². The lowest BCUT2D eigenvalue weighted by atomic mass is 9.66. The van der Waals surface area contributed by atoms with E-state index in [0.29, 0.717) is 5.75 Å². The maximum Gasteiger partial charge on any atom is 0.119 e. The van der Waals surface area contributed by atoms with Crippen LogP contribution in [0.1, 0.15) is 114 Å². The summed E-state index contributed by atoms with van der Waals surface area (Å²) in [7, 11) is 0. The van der Waals surface area contributed by atoms with Gasteiger partial charge in [0.1, 0.15) is 5.75 Å². The predicted octanol–water partition coefficient (Wildman–Crippen LogP) is 9.73. The van der Waals surface area contributed by atoms with E-state index in [1.165, 1.54) is 67.2 Å². The molecule has 3 aromatic rings. The van der Waals surface area contributed by atoms with Gasteiger partial charge in [-0.2, -0.15) is 0 Å². The second-order valence-electron chi connectivity index (χ2n) is 11.2. The van der Waals surface area contributed by atoms with Crippen LogP contribution in [-0.2, 0) is 17.3 Å². The minimum absolute atomic E-state index is 0.176. The molecule has 0 aliphatic heterocycles. The van der Waals surface area contributed by atoms with Gasteiger partial charge < -0.3 is 5.11 Å². The third kappa shape index (κ3) is 6.57. The molecule has 0 radical (unpaired) electrons. The summed E-state index contributed by atoms with van der Waals surface area (Å²) in [5, 5.41) is 11.2. The Bertz CT molecular complexity index is 1030. The average Bonchev–Trinajstić information content (AvgIpc) is 2.87. The summed E-state index contributed by atoms with van der Waals surface area (Å²) in [5.74, 6) is 0.444. The number of hydrogen-bond acceptors (Lipinski definition) is 1. The molecule has 0 saturated heterocycles. The summed E-state index contributed by atoms with van der Waals surface area (Å²) >= 11 is 0. The van der Waals surface area contributed by atoms with E-state index in [2.05, 4.69) is 101 Å². The molecule has 0 atom stereocenters. The van der Waals surface area contributed by atoms with Gasteiger partial charge in [0.05, 0.1) is 0 Å². The molecule has 35 heavy (non-hydrogen) atoms. The second kappa shape index (κ2) is 12.4. The molecule has 0 amide bonds. The van der Waals surface area contributed by atoms with E-state index >= 15 is 0 Å². The Kier molecular flexibility index (Phi) is 9.61. The third-order valence-corrected chi connectivity index (χ3v) is 7.86. The number of unbranched alkanes of at least 4 members (excludes halogenated alkanes) is 7. The fourth-order valence-corrected chi connectivity index (χ4v) is 5.57. The molecule has 188 valence electrons. The monoisotopic (exact) mass is 470 g/mol. The van der Waals surface area contributed by atoms with Crippen molar-refractivity contribution in [3.05, 3.63) is 101 Å². The van der Waals surface area contributed by atoms with Crippen molar-refractivity contribution in [1.29, 1.82) is 0 Å². The molecule has 0 saturated carbocycles. The van der Waals surface area contributed by atoms with Crippen LogP contribution in [0.15, 0.2) is 72.8 Å². The molecule has 1 heteroatoms. The predicted molar refractivity (Wildman–Crippen MR) is 152 cm³/mol. The molecule has 0 bridgehead atoms. The van der Waals surface area contributed by atoms with Crippen molar-refractivity contribution in [2.75, 3.05) is 0 Å². The number of rotatable bonds is 13. The van der Waals surface area contributed by atoms with Gasteiger partial charge in [0.25, 0.3) is 0 Å². The van der Waals surface area contributed by atoms with E-state index in [1.54, 1.807) is 0 Å². The molecule has 0 unspecified atom stereocenters. The highest BCUT2D eigenvalue weighted by molar-refractivity contribution is 5.56. The molecule has 0 fully saturated rings. The number of aromatic hydroxyl groups is 1. The van der Waals surface area contributed by atoms with Gasteiger partial charge in [-0.1, -0.05) is 146 Å². The lowest BCUT2D eigenvalue weighted by Crippen LogP contribution is -2.29. The van der Waals surface area contributed by atoms with E-state index in [-0.39, 0.29) is 10.8 Å². The minimum Gasteiger partial charge on any atom is -0.508 e. The molecule has 0 heterocycles. The summed E-state index contributed by atoms with van der Waals surface area (Å²) < 4.78 is 0. The molecule has 3 aromatic carbocycles. The lowest BCUT2D eigenvalue weighted by molar-refractivity contribution is 0.457. The molecular weight excluding hydrogens is 424 g/mol. The van der Waals surface area contributed by atoms with Crippen LogP contribution in [0.3, 0.4) is 0 Å². The van der Waals surface area contributed by atoms with Gasteiger partial charge in [-0.15, -0.1) is 0 Å². The van der Waals surface area contributed by atoms with Crippen LogP contribution in [0, 0.1) is 0 Å². The van der Waals surface area contributed by atoms with Gasteiger partial charge in [-0.25, -0.2) is 0 Å². The SMILES string of the molecule is CCCCCCCCCCc1c(O)ccc(C(C)(C)c2ccccc2)c1C(C)(C)c1ccccc1. The maximum atomic E-state index is 11.2. The average molecular weight is 471 g/mol. The maximum absolute atomic E-state index is 11.2. The zero-order valence-electron chi connectivity index (χ0n) is 22.7. The Morgan fingerprint density at radius 1 is 0.571 bits per heavy atom. The lowest BCUT2D eigenvalue weighted by Gasteiger charge is -2.37. The second-order valence-corrected chi connectivity index (χ2v) is 11.2. The van der Waals surface area contributed by atoms with E-state index < -0.39 is 0 Å². The first-order valence-electron chi connectivity index (χ1n) is 13.8. The normalized spacial score (nSPS) is 12.1. The number of benzene rings is 3. The standard InChI is InChI=1S/C34H46O/c1-6-7-8-9-10-11-12-19-24-29-31(35)26-25-30(33(2,3)27-20-15-13-16-21-27)32(29)34(4,5)28-22-17-14-18-23-28/h13-18,20-23,25-26,35H,6-12,19,24H2,1-5H3. The van der Waals surface area contributed by atoms with Crippen molar-refractivity contribution in [2.24, 2.45) is 0 Å². The van der Waals surface area contributed by atoms with E-state index in [1.807, 2.05) is 6.07 Å². The number of phenolic OH excluding ortho intramolecular Hbond substituents is 1. The summed E-state index contributed by atoms with van der Waals surface area (Å²) in [4.78, 5) is 0. The first kappa shape index (κ1) is 27.1. The summed E-state index contributed by atoms with van der Waals surface area (Å²) in [6.45, 7) is 11.5. The van der Waals surface area contributed by atoms with E-state index in [0.717, 1.165) is 18.4 Å². The fraction of sp³-hybridized carbons (Fsp3) is 0.471. The number of hydrogen-bond donors (Lipinski definition) is 1.